The maximum Gasteiger partial charge on any atom is 0.0376 e. The summed E-state index contributed by atoms with van der Waals surface area (Å²) in [5.74, 6) is 0.693. The molecule has 1 heterocycles. The fourth-order valence-corrected chi connectivity index (χ4v) is 3.13. The molecule has 0 aliphatic carbocycles. The Morgan fingerprint density at radius 3 is 2.75 bits per heavy atom. The van der Waals surface area contributed by atoms with E-state index in [-0.39, 0.29) is 0 Å². The number of hydrogen-bond acceptors (Lipinski definition) is 2. The van der Waals surface area contributed by atoms with Crippen LogP contribution in [0.25, 0.3) is 0 Å². The number of para-hydroxylation sites is 1. The van der Waals surface area contributed by atoms with Crippen LogP contribution < -0.4 is 5.32 Å². The molecule has 0 fully saturated rings. The smallest absolute Gasteiger partial charge is 0.0376 e. The van der Waals surface area contributed by atoms with E-state index >= 15 is 0 Å². The first-order valence-corrected chi connectivity index (χ1v) is 8.29. The zero-order valence-corrected chi connectivity index (χ0v) is 13.4. The van der Waals surface area contributed by atoms with Crippen molar-refractivity contribution in [2.45, 2.75) is 58.4 Å². The number of hydrogen-bond donors (Lipinski definition) is 1. The minimum absolute atomic E-state index is 0.663. The van der Waals surface area contributed by atoms with Gasteiger partial charge >= 0.3 is 0 Å². The molecule has 2 nitrogen and oxygen atoms in total. The third-order valence-corrected chi connectivity index (χ3v) is 4.48. The third kappa shape index (κ3) is 3.99. The normalized spacial score (nSPS) is 17.6. The second kappa shape index (κ2) is 7.68. The van der Waals surface area contributed by atoms with Gasteiger partial charge in [-0.2, -0.15) is 0 Å². The van der Waals surface area contributed by atoms with Crippen molar-refractivity contribution in [3.05, 3.63) is 29.8 Å². The molecule has 1 atom stereocenters. The van der Waals surface area contributed by atoms with E-state index in [1.165, 1.54) is 50.0 Å². The van der Waals surface area contributed by atoms with Crippen LogP contribution in [0.5, 0.6) is 0 Å². The van der Waals surface area contributed by atoms with Gasteiger partial charge in [-0.25, -0.2) is 0 Å². The molecule has 0 radical (unpaired) electrons. The van der Waals surface area contributed by atoms with E-state index in [1.54, 1.807) is 0 Å². The number of nitrogens with one attached hydrogen (secondary N) is 1. The lowest BCUT2D eigenvalue weighted by atomic mass is 9.97. The summed E-state index contributed by atoms with van der Waals surface area (Å²) in [5, 5.41) is 3.54. The Morgan fingerprint density at radius 2 is 2.00 bits per heavy atom. The van der Waals surface area contributed by atoms with Gasteiger partial charge in [0.1, 0.15) is 0 Å². The van der Waals surface area contributed by atoms with E-state index in [2.05, 4.69) is 55.3 Å². The van der Waals surface area contributed by atoms with Gasteiger partial charge in [-0.3, -0.25) is 0 Å². The van der Waals surface area contributed by atoms with Crippen molar-refractivity contribution in [2.75, 3.05) is 25.0 Å². The number of rotatable bonds is 8. The van der Waals surface area contributed by atoms with Crippen molar-refractivity contribution in [3.63, 3.8) is 0 Å². The van der Waals surface area contributed by atoms with Gasteiger partial charge in [0, 0.05) is 24.2 Å². The molecule has 1 unspecified atom stereocenters. The molecule has 20 heavy (non-hydrogen) atoms. The van der Waals surface area contributed by atoms with Crippen LogP contribution in [0.4, 0.5) is 5.69 Å². The standard InChI is InChI=1S/C18H30N2/c1-4-5-8-12-20(15(2)3)13-11-16-14-19-18-10-7-6-9-17(16)18/h6-7,9-10,15-16,19H,4-5,8,11-14H2,1-3H3. The largest absolute Gasteiger partial charge is 0.384 e. The van der Waals surface area contributed by atoms with Crippen molar-refractivity contribution in [3.8, 4) is 0 Å². The van der Waals surface area contributed by atoms with Crippen LogP contribution in [0.1, 0.15) is 57.9 Å². The summed E-state index contributed by atoms with van der Waals surface area (Å²) in [5.41, 5.74) is 2.87. The Morgan fingerprint density at radius 1 is 1.20 bits per heavy atom. The SMILES string of the molecule is CCCCCN(CCC1CNc2ccccc21)C(C)C. The number of unbranched alkanes of at least 4 members (excludes halogenated alkanes) is 2. The fourth-order valence-electron chi connectivity index (χ4n) is 3.13. The van der Waals surface area contributed by atoms with Gasteiger partial charge in [0.05, 0.1) is 0 Å². The average Bonchev–Trinajstić information content (AvgIpc) is 2.85. The molecule has 0 aromatic heterocycles. The summed E-state index contributed by atoms with van der Waals surface area (Å²) in [6.45, 7) is 10.5. The number of fused-ring (bicyclic) bond motifs is 1. The first-order valence-electron chi connectivity index (χ1n) is 8.29. The van der Waals surface area contributed by atoms with Gasteiger partial charge in [0.25, 0.3) is 0 Å². The number of anilines is 1. The van der Waals surface area contributed by atoms with Crippen molar-refractivity contribution in [1.82, 2.24) is 4.90 Å². The lowest BCUT2D eigenvalue weighted by Gasteiger charge is -2.27. The van der Waals surface area contributed by atoms with Crippen molar-refractivity contribution in [1.29, 1.82) is 0 Å². The van der Waals surface area contributed by atoms with Crippen LogP contribution in [-0.4, -0.2) is 30.6 Å². The van der Waals surface area contributed by atoms with E-state index in [4.69, 9.17) is 0 Å². The van der Waals surface area contributed by atoms with Crippen LogP contribution in [0, 0.1) is 0 Å². The predicted octanol–water partition coefficient (Wildman–Crippen LogP) is 4.49. The minimum atomic E-state index is 0.663. The zero-order valence-electron chi connectivity index (χ0n) is 13.4. The lowest BCUT2D eigenvalue weighted by molar-refractivity contribution is 0.210. The van der Waals surface area contributed by atoms with E-state index in [1.807, 2.05) is 0 Å². The van der Waals surface area contributed by atoms with E-state index in [0.717, 1.165) is 6.54 Å². The van der Waals surface area contributed by atoms with Crippen LogP contribution in [0.2, 0.25) is 0 Å². The van der Waals surface area contributed by atoms with Crippen molar-refractivity contribution in [2.24, 2.45) is 0 Å². The van der Waals surface area contributed by atoms with Gasteiger partial charge in [-0.05, 0) is 51.4 Å². The molecule has 0 amide bonds. The molecule has 1 N–H and O–H groups in total. The van der Waals surface area contributed by atoms with Gasteiger partial charge in [0.2, 0.25) is 0 Å². The maximum absolute atomic E-state index is 3.54. The Balaban J connectivity index is 1.84. The number of benzene rings is 1. The highest BCUT2D eigenvalue weighted by molar-refractivity contribution is 5.57. The molecular formula is C18H30N2. The average molecular weight is 274 g/mol. The second-order valence-corrected chi connectivity index (χ2v) is 6.29. The highest BCUT2D eigenvalue weighted by Gasteiger charge is 2.22. The Labute approximate surface area is 124 Å². The molecule has 112 valence electrons. The molecule has 2 heteroatoms. The summed E-state index contributed by atoms with van der Waals surface area (Å²) in [4.78, 5) is 2.65. The van der Waals surface area contributed by atoms with Gasteiger partial charge in [-0.15, -0.1) is 0 Å². The van der Waals surface area contributed by atoms with Crippen LogP contribution in [0.15, 0.2) is 24.3 Å². The topological polar surface area (TPSA) is 15.3 Å². The second-order valence-electron chi connectivity index (χ2n) is 6.29. The molecule has 1 aliphatic rings. The maximum atomic E-state index is 3.54. The molecule has 1 aliphatic heterocycles. The fraction of sp³-hybridized carbons (Fsp3) is 0.667. The lowest BCUT2D eigenvalue weighted by Crippen LogP contribution is -2.33. The van der Waals surface area contributed by atoms with Crippen molar-refractivity contribution >= 4 is 5.69 Å². The molecule has 0 saturated carbocycles. The summed E-state index contributed by atoms with van der Waals surface area (Å²) in [6.07, 6.45) is 5.28. The summed E-state index contributed by atoms with van der Waals surface area (Å²) >= 11 is 0. The number of nitrogens with zero attached hydrogens (tertiary/aromatic N) is 1. The van der Waals surface area contributed by atoms with Gasteiger partial charge < -0.3 is 10.2 Å². The Kier molecular flexibility index (Phi) is 5.90. The zero-order chi connectivity index (χ0) is 14.4. The Hall–Kier alpha value is -1.02. The van der Waals surface area contributed by atoms with Gasteiger partial charge in [-0.1, -0.05) is 38.0 Å². The van der Waals surface area contributed by atoms with Crippen LogP contribution in [-0.2, 0) is 0 Å². The van der Waals surface area contributed by atoms with Crippen molar-refractivity contribution < 1.29 is 0 Å². The van der Waals surface area contributed by atoms with Crippen LogP contribution in [0.3, 0.4) is 0 Å². The van der Waals surface area contributed by atoms with Crippen LogP contribution >= 0.6 is 0 Å². The summed E-state index contributed by atoms with van der Waals surface area (Å²) in [6, 6.07) is 9.45. The monoisotopic (exact) mass is 274 g/mol. The van der Waals surface area contributed by atoms with E-state index in [0.29, 0.717) is 12.0 Å². The molecular weight excluding hydrogens is 244 g/mol. The molecule has 0 saturated heterocycles. The minimum Gasteiger partial charge on any atom is -0.384 e. The summed E-state index contributed by atoms with van der Waals surface area (Å²) < 4.78 is 0. The first-order chi connectivity index (χ1) is 9.72. The van der Waals surface area contributed by atoms with E-state index in [9.17, 15) is 0 Å². The molecule has 0 spiro atoms. The molecule has 1 aromatic carbocycles. The summed E-state index contributed by atoms with van der Waals surface area (Å²) in [7, 11) is 0. The Bertz CT molecular complexity index is 400. The highest BCUT2D eigenvalue weighted by atomic mass is 15.1. The highest BCUT2D eigenvalue weighted by Crippen LogP contribution is 2.33. The van der Waals surface area contributed by atoms with Gasteiger partial charge in [0.15, 0.2) is 0 Å². The molecule has 1 aromatic rings. The quantitative estimate of drug-likeness (QED) is 0.703. The first kappa shape index (κ1) is 15.4. The third-order valence-electron chi connectivity index (χ3n) is 4.48. The predicted molar refractivity (Wildman–Crippen MR) is 88.5 cm³/mol. The molecule has 0 bridgehead atoms. The molecule has 2 rings (SSSR count). The van der Waals surface area contributed by atoms with E-state index < -0.39 is 0 Å².